The third kappa shape index (κ3) is 2.61. The lowest BCUT2D eigenvalue weighted by Gasteiger charge is -2.31. The summed E-state index contributed by atoms with van der Waals surface area (Å²) in [6.07, 6.45) is 4.57. The molecule has 2 aliphatic carbocycles. The number of Topliss-reactive ketones (excluding diaryl/α,β-unsaturated/α-hetero) is 1. The Kier molecular flexibility index (Phi) is 3.47. The lowest BCUT2D eigenvalue weighted by atomic mass is 9.73. The molecule has 1 aromatic rings. The number of rotatable bonds is 3. The van der Waals surface area contributed by atoms with Crippen LogP contribution in [0.4, 0.5) is 0 Å². The number of carbonyl (C=O) groups is 1. The Morgan fingerprint density at radius 2 is 1.74 bits per heavy atom. The molecule has 3 rings (SSSR count). The van der Waals surface area contributed by atoms with E-state index in [0.717, 1.165) is 31.1 Å². The molecular formula is C18H24O. The van der Waals surface area contributed by atoms with E-state index in [9.17, 15) is 4.79 Å². The van der Waals surface area contributed by atoms with Gasteiger partial charge in [0.1, 0.15) is 5.78 Å². The molecule has 0 saturated heterocycles. The molecule has 2 fully saturated rings. The van der Waals surface area contributed by atoms with Crippen molar-refractivity contribution in [3.8, 4) is 0 Å². The van der Waals surface area contributed by atoms with Crippen LogP contribution in [-0.2, 0) is 4.79 Å². The van der Waals surface area contributed by atoms with Crippen LogP contribution in [0.25, 0.3) is 0 Å². The summed E-state index contributed by atoms with van der Waals surface area (Å²) in [4.78, 5) is 12.6. The standard InChI is InChI=1S/C18H24O/c1-12-8-9-15(10-13(12)2)18(19)17-11-16(17)14-6-4-3-5-7-14/h3-7,12-13,15-17H,8-11H2,1-2H3. The van der Waals surface area contributed by atoms with Gasteiger partial charge in [0.25, 0.3) is 0 Å². The van der Waals surface area contributed by atoms with Gasteiger partial charge in [-0.25, -0.2) is 0 Å². The van der Waals surface area contributed by atoms with Gasteiger partial charge < -0.3 is 0 Å². The number of carbonyl (C=O) groups excluding carboxylic acids is 1. The summed E-state index contributed by atoms with van der Waals surface area (Å²) < 4.78 is 0. The van der Waals surface area contributed by atoms with E-state index in [1.807, 2.05) is 6.07 Å². The van der Waals surface area contributed by atoms with Crippen molar-refractivity contribution in [1.29, 1.82) is 0 Å². The predicted molar refractivity (Wildman–Crippen MR) is 78.0 cm³/mol. The van der Waals surface area contributed by atoms with Crippen molar-refractivity contribution in [3.63, 3.8) is 0 Å². The summed E-state index contributed by atoms with van der Waals surface area (Å²) in [7, 11) is 0. The van der Waals surface area contributed by atoms with Crippen molar-refractivity contribution in [2.45, 2.75) is 45.4 Å². The first-order valence-corrected chi connectivity index (χ1v) is 7.75. The third-order valence-corrected chi connectivity index (χ3v) is 5.38. The van der Waals surface area contributed by atoms with E-state index in [0.29, 0.717) is 23.5 Å². The van der Waals surface area contributed by atoms with Crippen LogP contribution in [0.5, 0.6) is 0 Å². The molecule has 1 heteroatoms. The highest BCUT2D eigenvalue weighted by Gasteiger charge is 2.46. The molecular weight excluding hydrogens is 232 g/mol. The fourth-order valence-electron chi connectivity index (χ4n) is 3.69. The monoisotopic (exact) mass is 256 g/mol. The van der Waals surface area contributed by atoms with Crippen LogP contribution in [0.15, 0.2) is 30.3 Å². The Morgan fingerprint density at radius 3 is 2.42 bits per heavy atom. The van der Waals surface area contributed by atoms with Gasteiger partial charge in [-0.1, -0.05) is 44.2 Å². The van der Waals surface area contributed by atoms with E-state index in [1.54, 1.807) is 0 Å². The van der Waals surface area contributed by atoms with Gasteiger partial charge in [0, 0.05) is 11.8 Å². The zero-order valence-corrected chi connectivity index (χ0v) is 12.0. The Bertz CT molecular complexity index is 450. The van der Waals surface area contributed by atoms with Gasteiger partial charge >= 0.3 is 0 Å². The zero-order valence-electron chi connectivity index (χ0n) is 12.0. The minimum atomic E-state index is 0.327. The molecule has 0 heterocycles. The van der Waals surface area contributed by atoms with Crippen LogP contribution < -0.4 is 0 Å². The average molecular weight is 256 g/mol. The van der Waals surface area contributed by atoms with Gasteiger partial charge in [0.2, 0.25) is 0 Å². The molecule has 0 amide bonds. The molecule has 2 saturated carbocycles. The predicted octanol–water partition coefficient (Wildman–Crippen LogP) is 4.43. The largest absolute Gasteiger partial charge is 0.299 e. The van der Waals surface area contributed by atoms with E-state index < -0.39 is 0 Å². The summed E-state index contributed by atoms with van der Waals surface area (Å²) in [5, 5.41) is 0. The number of hydrogen-bond acceptors (Lipinski definition) is 1. The van der Waals surface area contributed by atoms with Crippen LogP contribution in [0, 0.1) is 23.7 Å². The molecule has 5 unspecified atom stereocenters. The summed E-state index contributed by atoms with van der Waals surface area (Å²) in [5.41, 5.74) is 1.36. The van der Waals surface area contributed by atoms with E-state index in [-0.39, 0.29) is 0 Å². The molecule has 0 aromatic heterocycles. The maximum absolute atomic E-state index is 12.6. The van der Waals surface area contributed by atoms with Crippen LogP contribution in [-0.4, -0.2) is 5.78 Å². The van der Waals surface area contributed by atoms with Crippen molar-refractivity contribution in [2.75, 3.05) is 0 Å². The lowest BCUT2D eigenvalue weighted by molar-refractivity contribution is -0.126. The number of benzene rings is 1. The van der Waals surface area contributed by atoms with E-state index in [2.05, 4.69) is 38.1 Å². The minimum absolute atomic E-state index is 0.327. The smallest absolute Gasteiger partial charge is 0.139 e. The van der Waals surface area contributed by atoms with Crippen molar-refractivity contribution in [1.82, 2.24) is 0 Å². The summed E-state index contributed by atoms with van der Waals surface area (Å²) in [6.45, 7) is 4.64. The first kappa shape index (κ1) is 12.9. The molecule has 0 bridgehead atoms. The van der Waals surface area contributed by atoms with Gasteiger partial charge in [-0.15, -0.1) is 0 Å². The molecule has 0 spiro atoms. The van der Waals surface area contributed by atoms with Crippen LogP contribution >= 0.6 is 0 Å². The normalized spacial score (nSPS) is 37.9. The van der Waals surface area contributed by atoms with Gasteiger partial charge in [-0.3, -0.25) is 4.79 Å². The molecule has 1 nitrogen and oxygen atoms in total. The maximum Gasteiger partial charge on any atom is 0.139 e. The van der Waals surface area contributed by atoms with Crippen molar-refractivity contribution in [2.24, 2.45) is 23.7 Å². The first-order chi connectivity index (χ1) is 9.16. The summed E-state index contributed by atoms with van der Waals surface area (Å²) >= 11 is 0. The van der Waals surface area contributed by atoms with Gasteiger partial charge in [-0.05, 0) is 49.0 Å². The first-order valence-electron chi connectivity index (χ1n) is 7.75. The second-order valence-electron chi connectivity index (χ2n) is 6.73. The van der Waals surface area contributed by atoms with E-state index >= 15 is 0 Å². The molecule has 0 aliphatic heterocycles. The second-order valence-corrected chi connectivity index (χ2v) is 6.73. The SMILES string of the molecule is CC1CCC(C(=O)C2CC2c2ccccc2)CC1C. The van der Waals surface area contributed by atoms with Gasteiger partial charge in [-0.2, -0.15) is 0 Å². The fourth-order valence-corrected chi connectivity index (χ4v) is 3.69. The van der Waals surface area contributed by atoms with Crippen molar-refractivity contribution >= 4 is 5.78 Å². The summed E-state index contributed by atoms with van der Waals surface area (Å²) in [6, 6.07) is 10.6. The molecule has 1 aromatic carbocycles. The fraction of sp³-hybridized carbons (Fsp3) is 0.611. The van der Waals surface area contributed by atoms with Gasteiger partial charge in [0.05, 0.1) is 0 Å². The quantitative estimate of drug-likeness (QED) is 0.781. The topological polar surface area (TPSA) is 17.1 Å². The molecule has 19 heavy (non-hydrogen) atoms. The molecule has 102 valence electrons. The maximum atomic E-state index is 12.6. The van der Waals surface area contributed by atoms with Crippen molar-refractivity contribution in [3.05, 3.63) is 35.9 Å². The Morgan fingerprint density at radius 1 is 1.00 bits per heavy atom. The second kappa shape index (κ2) is 5.11. The molecule has 2 aliphatic rings. The van der Waals surface area contributed by atoms with Crippen LogP contribution in [0.2, 0.25) is 0 Å². The Balaban J connectivity index is 1.61. The van der Waals surface area contributed by atoms with Crippen molar-refractivity contribution < 1.29 is 4.79 Å². The summed E-state index contributed by atoms with van der Waals surface area (Å²) in [5.74, 6) is 3.28. The number of hydrogen-bond donors (Lipinski definition) is 0. The molecule has 0 N–H and O–H groups in total. The Labute approximate surface area is 116 Å². The third-order valence-electron chi connectivity index (χ3n) is 5.38. The highest BCUT2D eigenvalue weighted by Crippen LogP contribution is 2.50. The molecule has 0 radical (unpaired) electrons. The van der Waals surface area contributed by atoms with E-state index in [1.165, 1.54) is 12.0 Å². The average Bonchev–Trinajstić information content (AvgIpc) is 3.22. The number of ketones is 1. The molecule has 5 atom stereocenters. The zero-order chi connectivity index (χ0) is 13.4. The lowest BCUT2D eigenvalue weighted by Crippen LogP contribution is -2.27. The highest BCUT2D eigenvalue weighted by atomic mass is 16.1. The van der Waals surface area contributed by atoms with Gasteiger partial charge in [0.15, 0.2) is 0 Å². The highest BCUT2D eigenvalue weighted by molar-refractivity contribution is 5.87. The Hall–Kier alpha value is -1.11. The van der Waals surface area contributed by atoms with Crippen LogP contribution in [0.1, 0.15) is 51.0 Å². The minimum Gasteiger partial charge on any atom is -0.299 e. The van der Waals surface area contributed by atoms with E-state index in [4.69, 9.17) is 0 Å². The van der Waals surface area contributed by atoms with Crippen LogP contribution in [0.3, 0.4) is 0 Å².